The summed E-state index contributed by atoms with van der Waals surface area (Å²) >= 11 is 0. The number of phenolic OH excluding ortho intramolecular Hbond substituents is 3. The molecule has 2 aliphatic carbocycles. The molecule has 7 aromatic carbocycles. The number of rotatable bonds is 4. The molecule has 0 atom stereocenters. The van der Waals surface area contributed by atoms with E-state index < -0.39 is 0 Å². The highest BCUT2D eigenvalue weighted by molar-refractivity contribution is 5.99. The third kappa shape index (κ3) is 4.80. The molecule has 2 aliphatic rings. The number of hydrogen-bond donors (Lipinski definition) is 3. The molecule has 0 amide bonds. The normalized spacial score (nSPS) is 12.4. The van der Waals surface area contributed by atoms with Crippen molar-refractivity contribution in [3.8, 4) is 84.0 Å². The maximum Gasteiger partial charge on any atom is 0.126 e. The molecule has 0 bridgehead atoms. The van der Waals surface area contributed by atoms with Gasteiger partial charge in [0.05, 0.1) is 0 Å². The minimum atomic E-state index is 0.273. The van der Waals surface area contributed by atoms with Crippen molar-refractivity contribution in [3.05, 3.63) is 159 Å². The lowest BCUT2D eigenvalue weighted by Gasteiger charge is -2.22. The number of aryl methyl sites for hydroxylation is 5. The summed E-state index contributed by atoms with van der Waals surface area (Å²) in [5.41, 5.74) is 22.3. The monoisotopic (exact) mass is 676 g/mol. The molecule has 254 valence electrons. The molecule has 3 N–H and O–H groups in total. The van der Waals surface area contributed by atoms with E-state index in [9.17, 15) is 15.3 Å². The van der Waals surface area contributed by atoms with Gasteiger partial charge in [0, 0.05) is 5.56 Å². The molecule has 7 aromatic rings. The van der Waals surface area contributed by atoms with Crippen molar-refractivity contribution in [1.82, 2.24) is 0 Å². The first kappa shape index (κ1) is 31.9. The van der Waals surface area contributed by atoms with Gasteiger partial charge in [-0.2, -0.15) is 0 Å². The lowest BCUT2D eigenvalue weighted by Crippen LogP contribution is -1.98. The van der Waals surface area contributed by atoms with Gasteiger partial charge in [0.2, 0.25) is 0 Å². The van der Waals surface area contributed by atoms with Crippen LogP contribution in [0.3, 0.4) is 0 Å². The SMILES string of the molecule is Cc1cc(-c2ccc3c(c2-c2cc(C)c(O)c(-c4c(-c5cc(C)c(O)c(C)c5)ccc5c4Cc4ccccc4-5)c2)Cc2ccccc2-3)cc(C)c1O. The van der Waals surface area contributed by atoms with Crippen molar-refractivity contribution >= 4 is 0 Å². The van der Waals surface area contributed by atoms with Gasteiger partial charge in [-0.1, -0.05) is 72.8 Å². The number of fused-ring (bicyclic) bond motifs is 6. The first-order valence-corrected chi connectivity index (χ1v) is 18.0. The predicted molar refractivity (Wildman–Crippen MR) is 213 cm³/mol. The molecule has 9 rings (SSSR count). The highest BCUT2D eigenvalue weighted by atomic mass is 16.3. The zero-order chi connectivity index (χ0) is 36.0. The smallest absolute Gasteiger partial charge is 0.126 e. The Morgan fingerprint density at radius 1 is 0.346 bits per heavy atom. The molecule has 0 radical (unpaired) electrons. The van der Waals surface area contributed by atoms with Gasteiger partial charge in [-0.25, -0.2) is 0 Å². The van der Waals surface area contributed by atoms with Crippen LogP contribution in [-0.4, -0.2) is 15.3 Å². The van der Waals surface area contributed by atoms with Crippen LogP contribution in [0, 0.1) is 34.6 Å². The van der Waals surface area contributed by atoms with Crippen molar-refractivity contribution in [1.29, 1.82) is 0 Å². The molecular weight excluding hydrogens is 637 g/mol. The molecule has 0 unspecified atom stereocenters. The van der Waals surface area contributed by atoms with E-state index in [1.54, 1.807) is 0 Å². The number of hydrogen-bond acceptors (Lipinski definition) is 3. The van der Waals surface area contributed by atoms with Crippen molar-refractivity contribution in [2.45, 2.75) is 47.5 Å². The van der Waals surface area contributed by atoms with E-state index in [0.29, 0.717) is 11.5 Å². The quantitative estimate of drug-likeness (QED) is 0.174. The van der Waals surface area contributed by atoms with E-state index in [2.05, 4.69) is 109 Å². The van der Waals surface area contributed by atoms with E-state index in [4.69, 9.17) is 0 Å². The summed E-state index contributed by atoms with van der Waals surface area (Å²) in [6.45, 7) is 9.80. The second-order valence-corrected chi connectivity index (χ2v) is 14.8. The molecule has 52 heavy (non-hydrogen) atoms. The van der Waals surface area contributed by atoms with Gasteiger partial charge in [0.25, 0.3) is 0 Å². The van der Waals surface area contributed by atoms with Gasteiger partial charge < -0.3 is 15.3 Å². The van der Waals surface area contributed by atoms with Crippen molar-refractivity contribution < 1.29 is 15.3 Å². The van der Waals surface area contributed by atoms with E-state index in [-0.39, 0.29) is 5.75 Å². The highest BCUT2D eigenvalue weighted by Gasteiger charge is 2.29. The van der Waals surface area contributed by atoms with Crippen LogP contribution < -0.4 is 0 Å². The number of benzene rings is 7. The highest BCUT2D eigenvalue weighted by Crippen LogP contribution is 2.52. The van der Waals surface area contributed by atoms with Crippen LogP contribution in [0.15, 0.2) is 109 Å². The van der Waals surface area contributed by atoms with Gasteiger partial charge in [0.1, 0.15) is 17.2 Å². The molecule has 3 nitrogen and oxygen atoms in total. The Kier molecular flexibility index (Phi) is 7.20. The van der Waals surface area contributed by atoms with Crippen LogP contribution in [0.5, 0.6) is 17.2 Å². The molecule has 0 saturated carbocycles. The van der Waals surface area contributed by atoms with E-state index in [1.807, 2.05) is 34.6 Å². The number of aromatic hydroxyl groups is 3. The van der Waals surface area contributed by atoms with Gasteiger partial charge in [-0.15, -0.1) is 0 Å². The fraction of sp³-hybridized carbons (Fsp3) is 0.143. The predicted octanol–water partition coefficient (Wildman–Crippen LogP) is 12.2. The van der Waals surface area contributed by atoms with Gasteiger partial charge in [-0.3, -0.25) is 0 Å². The van der Waals surface area contributed by atoms with Crippen LogP contribution in [-0.2, 0) is 12.8 Å². The molecular formula is C49H40O3. The van der Waals surface area contributed by atoms with E-state index in [0.717, 1.165) is 85.2 Å². The van der Waals surface area contributed by atoms with Gasteiger partial charge in [0.15, 0.2) is 0 Å². The molecule has 0 fully saturated rings. The van der Waals surface area contributed by atoms with Crippen LogP contribution in [0.4, 0.5) is 0 Å². The number of phenols is 3. The van der Waals surface area contributed by atoms with Gasteiger partial charge >= 0.3 is 0 Å². The van der Waals surface area contributed by atoms with Crippen LogP contribution in [0.25, 0.3) is 66.8 Å². The van der Waals surface area contributed by atoms with E-state index in [1.165, 1.54) is 44.5 Å². The summed E-state index contributed by atoms with van der Waals surface area (Å²) in [6.07, 6.45) is 1.58. The molecule has 0 heterocycles. The fourth-order valence-corrected chi connectivity index (χ4v) is 8.88. The molecule has 0 saturated heterocycles. The van der Waals surface area contributed by atoms with Crippen molar-refractivity contribution in [3.63, 3.8) is 0 Å². The summed E-state index contributed by atoms with van der Waals surface area (Å²) in [6, 6.07) is 38.7. The fourth-order valence-electron chi connectivity index (χ4n) is 8.88. The van der Waals surface area contributed by atoms with Crippen LogP contribution >= 0.6 is 0 Å². The summed E-state index contributed by atoms with van der Waals surface area (Å²) in [4.78, 5) is 0. The third-order valence-corrected chi connectivity index (χ3v) is 11.4. The molecule has 3 heteroatoms. The maximum absolute atomic E-state index is 12.2. The Balaban J connectivity index is 1.35. The summed E-state index contributed by atoms with van der Waals surface area (Å²) in [5.74, 6) is 0.911. The minimum absolute atomic E-state index is 0.273. The summed E-state index contributed by atoms with van der Waals surface area (Å²) in [7, 11) is 0. The average Bonchev–Trinajstić information content (AvgIpc) is 3.71. The standard InChI is InChI=1S/C49H40O3/c1-26-18-33(19-27(2)47(26)50)38-14-16-40-36-12-8-6-10-31(36)23-42(40)45(38)35-22-30(5)49(52)44(25-35)46-39(34-20-28(3)48(51)29(4)21-34)15-17-41-37-13-9-7-11-32(37)24-43(41)46/h6-22,25,50-52H,23-24H2,1-5H3. The van der Waals surface area contributed by atoms with E-state index >= 15 is 0 Å². The Hall–Kier alpha value is -6.06. The summed E-state index contributed by atoms with van der Waals surface area (Å²) < 4.78 is 0. The Labute approximate surface area is 305 Å². The minimum Gasteiger partial charge on any atom is -0.507 e. The second-order valence-electron chi connectivity index (χ2n) is 14.8. The van der Waals surface area contributed by atoms with Crippen LogP contribution in [0.1, 0.15) is 50.1 Å². The van der Waals surface area contributed by atoms with Crippen molar-refractivity contribution in [2.75, 3.05) is 0 Å². The third-order valence-electron chi connectivity index (χ3n) is 11.4. The zero-order valence-electron chi connectivity index (χ0n) is 30.1. The second kappa shape index (κ2) is 11.7. The van der Waals surface area contributed by atoms with Crippen molar-refractivity contribution in [2.24, 2.45) is 0 Å². The summed E-state index contributed by atoms with van der Waals surface area (Å²) in [5, 5.41) is 33.6. The van der Waals surface area contributed by atoms with Gasteiger partial charge in [-0.05, 0) is 195 Å². The average molecular weight is 677 g/mol. The molecule has 0 aromatic heterocycles. The molecule has 0 spiro atoms. The molecule has 0 aliphatic heterocycles. The Morgan fingerprint density at radius 2 is 0.731 bits per heavy atom. The first-order valence-electron chi connectivity index (χ1n) is 18.0. The van der Waals surface area contributed by atoms with Crippen LogP contribution in [0.2, 0.25) is 0 Å². The Morgan fingerprint density at radius 3 is 1.23 bits per heavy atom. The Bertz CT molecular complexity index is 2610. The maximum atomic E-state index is 12.2. The largest absolute Gasteiger partial charge is 0.507 e. The topological polar surface area (TPSA) is 60.7 Å². The first-order chi connectivity index (χ1) is 25.1. The zero-order valence-corrected chi connectivity index (χ0v) is 30.1. The lowest BCUT2D eigenvalue weighted by atomic mass is 9.82. The lowest BCUT2D eigenvalue weighted by molar-refractivity contribution is 0.466.